The first-order chi connectivity index (χ1) is 12.6. The molecule has 2 aromatic carbocycles. The number of anilines is 2. The summed E-state index contributed by atoms with van der Waals surface area (Å²) in [5.41, 5.74) is 4.41. The van der Waals surface area contributed by atoms with Crippen LogP contribution < -0.4 is 11.1 Å². The van der Waals surface area contributed by atoms with E-state index in [-0.39, 0.29) is 24.3 Å². The van der Waals surface area contributed by atoms with Crippen molar-refractivity contribution in [2.75, 3.05) is 18.4 Å². The maximum absolute atomic E-state index is 14.4. The summed E-state index contributed by atoms with van der Waals surface area (Å²) in [7, 11) is 0. The van der Waals surface area contributed by atoms with E-state index in [1.165, 1.54) is 17.0 Å². The second-order valence-electron chi connectivity index (χ2n) is 6.95. The van der Waals surface area contributed by atoms with Crippen molar-refractivity contribution < 1.29 is 23.1 Å². The summed E-state index contributed by atoms with van der Waals surface area (Å²) in [5.74, 6) is -3.73. The number of hydrogen-bond donors (Lipinski definition) is 3. The molecule has 5 nitrogen and oxygen atoms in total. The van der Waals surface area contributed by atoms with Crippen molar-refractivity contribution in [1.29, 1.82) is 0 Å². The van der Waals surface area contributed by atoms with E-state index in [0.717, 1.165) is 12.1 Å². The smallest absolute Gasteiger partial charge is 0.256 e. The van der Waals surface area contributed by atoms with Crippen LogP contribution in [0.2, 0.25) is 0 Å². The third-order valence-corrected chi connectivity index (χ3v) is 4.77. The van der Waals surface area contributed by atoms with Gasteiger partial charge in [0.2, 0.25) is 0 Å². The van der Waals surface area contributed by atoms with Crippen LogP contribution >= 0.6 is 0 Å². The Morgan fingerprint density at radius 2 is 1.89 bits per heavy atom. The highest BCUT2D eigenvalue weighted by Gasteiger charge is 2.47. The van der Waals surface area contributed by atoms with Crippen molar-refractivity contribution in [2.24, 2.45) is 5.73 Å². The molecule has 4 N–H and O–H groups in total. The second-order valence-corrected chi connectivity index (χ2v) is 6.95. The quantitative estimate of drug-likeness (QED) is 0.763. The van der Waals surface area contributed by atoms with Gasteiger partial charge in [-0.15, -0.1) is 0 Å². The summed E-state index contributed by atoms with van der Waals surface area (Å²) in [5, 5.41) is 12.7. The SMILES string of the molecule is Cc1ccc(Nc2c(C(=O)N3CC(O)([C@H](C)N)C3)ccc(F)c2F)c(F)c1. The molecule has 2 aromatic rings. The van der Waals surface area contributed by atoms with Gasteiger partial charge in [-0.3, -0.25) is 4.79 Å². The molecule has 144 valence electrons. The normalized spacial score (nSPS) is 16.6. The van der Waals surface area contributed by atoms with Crippen LogP contribution in [0.5, 0.6) is 0 Å². The number of nitrogens with zero attached hydrogens (tertiary/aromatic N) is 1. The van der Waals surface area contributed by atoms with Gasteiger partial charge in [0.05, 0.1) is 30.0 Å². The van der Waals surface area contributed by atoms with E-state index in [4.69, 9.17) is 5.73 Å². The van der Waals surface area contributed by atoms with E-state index >= 15 is 0 Å². The monoisotopic (exact) mass is 379 g/mol. The zero-order chi connectivity index (χ0) is 19.9. The van der Waals surface area contributed by atoms with Gasteiger partial charge in [-0.2, -0.15) is 0 Å². The average Bonchev–Trinajstić information content (AvgIpc) is 2.57. The summed E-state index contributed by atoms with van der Waals surface area (Å²) in [6.07, 6.45) is 0. The summed E-state index contributed by atoms with van der Waals surface area (Å²) < 4.78 is 42.2. The lowest BCUT2D eigenvalue weighted by Crippen LogP contribution is -2.70. The van der Waals surface area contributed by atoms with Crippen molar-refractivity contribution >= 4 is 17.3 Å². The van der Waals surface area contributed by atoms with Gasteiger partial charge in [-0.25, -0.2) is 13.2 Å². The van der Waals surface area contributed by atoms with Gasteiger partial charge in [0.25, 0.3) is 5.91 Å². The molecule has 0 aromatic heterocycles. The molecule has 1 aliphatic heterocycles. The Hall–Kier alpha value is -2.58. The molecule has 27 heavy (non-hydrogen) atoms. The van der Waals surface area contributed by atoms with Crippen molar-refractivity contribution in [3.8, 4) is 0 Å². The van der Waals surface area contributed by atoms with Gasteiger partial charge in [0.15, 0.2) is 11.6 Å². The van der Waals surface area contributed by atoms with Crippen LogP contribution in [0.4, 0.5) is 24.5 Å². The zero-order valence-corrected chi connectivity index (χ0v) is 14.9. The lowest BCUT2D eigenvalue weighted by atomic mass is 9.87. The molecule has 8 heteroatoms. The van der Waals surface area contributed by atoms with Crippen molar-refractivity contribution in [3.63, 3.8) is 0 Å². The van der Waals surface area contributed by atoms with E-state index in [1.54, 1.807) is 19.9 Å². The number of aliphatic hydroxyl groups is 1. The number of amides is 1. The van der Waals surface area contributed by atoms with Crippen LogP contribution in [-0.2, 0) is 0 Å². The first kappa shape index (κ1) is 19.2. The minimum atomic E-state index is -1.29. The van der Waals surface area contributed by atoms with E-state index in [0.29, 0.717) is 5.56 Å². The minimum absolute atomic E-state index is 0.0270. The van der Waals surface area contributed by atoms with Gasteiger partial charge >= 0.3 is 0 Å². The van der Waals surface area contributed by atoms with Crippen LogP contribution in [0.3, 0.4) is 0 Å². The number of halogens is 3. The second kappa shape index (κ2) is 6.86. The number of carbonyl (C=O) groups is 1. The maximum atomic E-state index is 14.4. The molecule has 0 aliphatic carbocycles. The number of nitrogens with two attached hydrogens (primary N) is 1. The Labute approximate surface area is 154 Å². The Morgan fingerprint density at radius 3 is 2.48 bits per heavy atom. The molecule has 0 bridgehead atoms. The van der Waals surface area contributed by atoms with Crippen molar-refractivity contribution in [2.45, 2.75) is 25.5 Å². The molecule has 3 rings (SSSR count). The molecular weight excluding hydrogens is 359 g/mol. The van der Waals surface area contributed by atoms with Crippen LogP contribution in [0.1, 0.15) is 22.8 Å². The van der Waals surface area contributed by atoms with Gasteiger partial charge in [0.1, 0.15) is 11.4 Å². The molecule has 1 aliphatic rings. The molecule has 1 amide bonds. The number of nitrogens with one attached hydrogen (secondary N) is 1. The first-order valence-electron chi connectivity index (χ1n) is 8.41. The molecule has 0 saturated carbocycles. The number of benzene rings is 2. The summed E-state index contributed by atoms with van der Waals surface area (Å²) in [6, 6.07) is 5.61. The Kier molecular flexibility index (Phi) is 4.88. The van der Waals surface area contributed by atoms with E-state index < -0.39 is 40.7 Å². The summed E-state index contributed by atoms with van der Waals surface area (Å²) in [4.78, 5) is 14.0. The number of carbonyl (C=O) groups excluding carboxylic acids is 1. The van der Waals surface area contributed by atoms with Gasteiger partial charge in [0, 0.05) is 6.04 Å². The molecule has 1 fully saturated rings. The molecular formula is C19H20F3N3O2. The van der Waals surface area contributed by atoms with Crippen molar-refractivity contribution in [3.05, 3.63) is 58.9 Å². The zero-order valence-electron chi connectivity index (χ0n) is 14.9. The predicted molar refractivity (Wildman–Crippen MR) is 95.3 cm³/mol. The number of aryl methyl sites for hydroxylation is 1. The fraction of sp³-hybridized carbons (Fsp3) is 0.316. The number of rotatable bonds is 4. The predicted octanol–water partition coefficient (Wildman–Crippen LogP) is 2.69. The van der Waals surface area contributed by atoms with E-state index in [2.05, 4.69) is 5.32 Å². The largest absolute Gasteiger partial charge is 0.385 e. The molecule has 1 atom stereocenters. The lowest BCUT2D eigenvalue weighted by molar-refractivity contribution is -0.0931. The summed E-state index contributed by atoms with van der Waals surface area (Å²) >= 11 is 0. The highest BCUT2D eigenvalue weighted by atomic mass is 19.2. The molecule has 0 spiro atoms. The third-order valence-electron chi connectivity index (χ3n) is 4.77. The summed E-state index contributed by atoms with van der Waals surface area (Å²) in [6.45, 7) is 3.25. The molecule has 0 unspecified atom stereocenters. The number of hydrogen-bond acceptors (Lipinski definition) is 4. The van der Waals surface area contributed by atoms with E-state index in [9.17, 15) is 23.1 Å². The first-order valence-corrected chi connectivity index (χ1v) is 8.41. The fourth-order valence-electron chi connectivity index (χ4n) is 2.92. The topological polar surface area (TPSA) is 78.6 Å². The average molecular weight is 379 g/mol. The third kappa shape index (κ3) is 3.50. The Morgan fingerprint density at radius 1 is 1.22 bits per heavy atom. The number of β-amino-alcohol motifs (C(OH)–C–C–N with tert-alkyl or cyclic N) is 1. The number of likely N-dealkylation sites (tertiary alicyclic amines) is 1. The molecule has 1 heterocycles. The highest BCUT2D eigenvalue weighted by molar-refractivity contribution is 6.01. The minimum Gasteiger partial charge on any atom is -0.385 e. The molecule has 0 radical (unpaired) electrons. The molecule has 1 saturated heterocycles. The van der Waals surface area contributed by atoms with Gasteiger partial charge in [-0.05, 0) is 43.7 Å². The van der Waals surface area contributed by atoms with Crippen LogP contribution in [-0.4, -0.2) is 40.6 Å². The van der Waals surface area contributed by atoms with Gasteiger partial charge in [-0.1, -0.05) is 6.07 Å². The van der Waals surface area contributed by atoms with Crippen LogP contribution in [0.15, 0.2) is 30.3 Å². The van der Waals surface area contributed by atoms with Crippen LogP contribution in [0.25, 0.3) is 0 Å². The Balaban J connectivity index is 1.93. The van der Waals surface area contributed by atoms with E-state index in [1.807, 2.05) is 0 Å². The fourth-order valence-corrected chi connectivity index (χ4v) is 2.92. The lowest BCUT2D eigenvalue weighted by Gasteiger charge is -2.48. The van der Waals surface area contributed by atoms with Crippen molar-refractivity contribution in [1.82, 2.24) is 4.90 Å². The highest BCUT2D eigenvalue weighted by Crippen LogP contribution is 2.32. The maximum Gasteiger partial charge on any atom is 0.256 e. The standard InChI is InChI=1S/C19H20F3N3O2/c1-10-3-6-15(14(21)7-10)24-17-12(4-5-13(20)16(17)22)18(26)25-8-19(27,9-25)11(2)23/h3-7,11,24,27H,8-9,23H2,1-2H3/t11-/m0/s1. The van der Waals surface area contributed by atoms with Gasteiger partial charge < -0.3 is 21.1 Å². The van der Waals surface area contributed by atoms with Crippen LogP contribution in [0, 0.1) is 24.4 Å². The Bertz CT molecular complexity index is 896.